The molecule has 0 atom stereocenters. The number of H-pyrrole nitrogens is 2. The van der Waals surface area contributed by atoms with Crippen LogP contribution < -0.4 is 5.32 Å². The molecule has 90 valence electrons. The lowest BCUT2D eigenvalue weighted by Crippen LogP contribution is -2.26. The third kappa shape index (κ3) is 3.31. The van der Waals surface area contributed by atoms with Gasteiger partial charge in [0.25, 0.3) is 5.91 Å². The summed E-state index contributed by atoms with van der Waals surface area (Å²) >= 11 is 1.52. The van der Waals surface area contributed by atoms with Gasteiger partial charge in [-0.2, -0.15) is 15.4 Å². The molecule has 2 heterocycles. The summed E-state index contributed by atoms with van der Waals surface area (Å²) in [5, 5.41) is 20.3. The van der Waals surface area contributed by atoms with Crippen molar-refractivity contribution in [3.63, 3.8) is 0 Å². The highest BCUT2D eigenvalue weighted by molar-refractivity contribution is 7.99. The Hall–Kier alpha value is -1.83. The molecule has 3 N–H and O–H groups in total. The van der Waals surface area contributed by atoms with E-state index in [0.29, 0.717) is 12.2 Å². The summed E-state index contributed by atoms with van der Waals surface area (Å²) in [6.45, 7) is 2.41. The monoisotopic (exact) mass is 252 g/mol. The van der Waals surface area contributed by atoms with Crippen LogP contribution in [0.5, 0.6) is 0 Å². The van der Waals surface area contributed by atoms with Gasteiger partial charge >= 0.3 is 0 Å². The number of aromatic nitrogens is 5. The first kappa shape index (κ1) is 11.6. The zero-order valence-corrected chi connectivity index (χ0v) is 10.0. The van der Waals surface area contributed by atoms with Gasteiger partial charge in [0.05, 0.1) is 6.20 Å². The molecule has 0 aliphatic heterocycles. The van der Waals surface area contributed by atoms with E-state index in [0.717, 1.165) is 16.5 Å². The van der Waals surface area contributed by atoms with Crippen LogP contribution in [0.2, 0.25) is 0 Å². The summed E-state index contributed by atoms with van der Waals surface area (Å²) < 4.78 is 0. The van der Waals surface area contributed by atoms with Crippen molar-refractivity contribution in [3.8, 4) is 0 Å². The van der Waals surface area contributed by atoms with Gasteiger partial charge in [-0.3, -0.25) is 9.89 Å². The third-order valence-corrected chi connectivity index (χ3v) is 2.87. The van der Waals surface area contributed by atoms with Gasteiger partial charge < -0.3 is 5.32 Å². The molecule has 0 fully saturated rings. The summed E-state index contributed by atoms with van der Waals surface area (Å²) in [6, 6.07) is 1.71. The fourth-order valence-corrected chi connectivity index (χ4v) is 1.85. The maximum atomic E-state index is 11.6. The fourth-order valence-electron chi connectivity index (χ4n) is 1.21. The van der Waals surface area contributed by atoms with E-state index in [2.05, 4.69) is 30.9 Å². The average molecular weight is 252 g/mol. The Morgan fingerprint density at radius 3 is 3.06 bits per heavy atom. The molecule has 0 aromatic carbocycles. The number of aryl methyl sites for hydroxylation is 1. The number of carbonyl (C=O) groups is 1. The first-order chi connectivity index (χ1) is 8.25. The second kappa shape index (κ2) is 5.48. The molecule has 0 radical (unpaired) electrons. The van der Waals surface area contributed by atoms with Crippen LogP contribution >= 0.6 is 11.8 Å². The van der Waals surface area contributed by atoms with Gasteiger partial charge in [0.15, 0.2) is 0 Å². The molecule has 0 bridgehead atoms. The highest BCUT2D eigenvalue weighted by Crippen LogP contribution is 2.10. The Balaban J connectivity index is 1.70. The summed E-state index contributed by atoms with van der Waals surface area (Å²) in [4.78, 5) is 11.6. The van der Waals surface area contributed by atoms with E-state index in [1.165, 1.54) is 11.8 Å². The SMILES string of the molecule is Cc1cc(C(=O)NCCSc2cn[nH]n2)n[nH]1. The lowest BCUT2D eigenvalue weighted by atomic mass is 10.3. The van der Waals surface area contributed by atoms with Gasteiger partial charge in [-0.15, -0.1) is 16.9 Å². The summed E-state index contributed by atoms with van der Waals surface area (Å²) in [5.41, 5.74) is 1.28. The topological polar surface area (TPSA) is 99.3 Å². The molecule has 0 saturated carbocycles. The van der Waals surface area contributed by atoms with E-state index in [9.17, 15) is 4.79 Å². The molecule has 8 heteroatoms. The molecular weight excluding hydrogens is 240 g/mol. The number of aromatic amines is 2. The van der Waals surface area contributed by atoms with Gasteiger partial charge in [0.1, 0.15) is 10.7 Å². The highest BCUT2D eigenvalue weighted by atomic mass is 32.2. The van der Waals surface area contributed by atoms with Gasteiger partial charge in [-0.1, -0.05) is 0 Å². The van der Waals surface area contributed by atoms with Crippen LogP contribution in [0.3, 0.4) is 0 Å². The second-order valence-electron chi connectivity index (χ2n) is 3.35. The van der Waals surface area contributed by atoms with Crippen molar-refractivity contribution in [2.24, 2.45) is 0 Å². The molecule has 7 nitrogen and oxygen atoms in total. The lowest BCUT2D eigenvalue weighted by molar-refractivity contribution is 0.0951. The van der Waals surface area contributed by atoms with E-state index in [1.54, 1.807) is 12.3 Å². The minimum Gasteiger partial charge on any atom is -0.350 e. The Labute approximate surface area is 102 Å². The van der Waals surface area contributed by atoms with E-state index in [-0.39, 0.29) is 5.91 Å². The number of nitrogens with zero attached hydrogens (tertiary/aromatic N) is 3. The van der Waals surface area contributed by atoms with Crippen molar-refractivity contribution < 1.29 is 4.79 Å². The van der Waals surface area contributed by atoms with Crippen molar-refractivity contribution in [2.75, 3.05) is 12.3 Å². The quantitative estimate of drug-likeness (QED) is 0.527. The maximum Gasteiger partial charge on any atom is 0.271 e. The second-order valence-corrected chi connectivity index (χ2v) is 4.46. The minimum atomic E-state index is -0.171. The zero-order chi connectivity index (χ0) is 12.1. The molecular formula is C9H12N6OS. The molecule has 2 rings (SSSR count). The van der Waals surface area contributed by atoms with E-state index >= 15 is 0 Å². The number of carbonyl (C=O) groups excluding carboxylic acids is 1. The number of hydrogen-bond donors (Lipinski definition) is 3. The van der Waals surface area contributed by atoms with Crippen molar-refractivity contribution in [1.82, 2.24) is 30.9 Å². The highest BCUT2D eigenvalue weighted by Gasteiger charge is 2.08. The smallest absolute Gasteiger partial charge is 0.271 e. The zero-order valence-electron chi connectivity index (χ0n) is 9.23. The number of amides is 1. The number of hydrogen-bond acceptors (Lipinski definition) is 5. The van der Waals surface area contributed by atoms with Gasteiger partial charge in [0.2, 0.25) is 0 Å². The lowest BCUT2D eigenvalue weighted by Gasteiger charge is -2.00. The number of rotatable bonds is 5. The number of nitrogens with one attached hydrogen (secondary N) is 3. The Morgan fingerprint density at radius 2 is 2.41 bits per heavy atom. The number of thioether (sulfide) groups is 1. The predicted octanol–water partition coefficient (Wildman–Crippen LogP) is 0.358. The average Bonchev–Trinajstić information content (AvgIpc) is 2.95. The molecule has 1 amide bonds. The molecule has 0 saturated heterocycles. The standard InChI is InChI=1S/C9H12N6OS/c1-6-4-7(13-12-6)9(16)10-2-3-17-8-5-11-15-14-8/h4-5H,2-3H2,1H3,(H,10,16)(H,12,13)(H,11,14,15). The summed E-state index contributed by atoms with van der Waals surface area (Å²) in [7, 11) is 0. The van der Waals surface area contributed by atoms with Crippen LogP contribution in [0.1, 0.15) is 16.2 Å². The van der Waals surface area contributed by atoms with Crippen molar-refractivity contribution >= 4 is 17.7 Å². The largest absolute Gasteiger partial charge is 0.350 e. The first-order valence-corrected chi connectivity index (χ1v) is 6.03. The van der Waals surface area contributed by atoms with Gasteiger partial charge in [-0.05, 0) is 13.0 Å². The molecule has 2 aromatic rings. The van der Waals surface area contributed by atoms with Gasteiger partial charge in [0, 0.05) is 18.0 Å². The van der Waals surface area contributed by atoms with Gasteiger partial charge in [-0.25, -0.2) is 0 Å². The fraction of sp³-hybridized carbons (Fsp3) is 0.333. The Bertz CT molecular complexity index is 479. The summed E-state index contributed by atoms with van der Waals surface area (Å²) in [6.07, 6.45) is 1.64. The molecule has 0 aliphatic rings. The van der Waals surface area contributed by atoms with Crippen LogP contribution in [0, 0.1) is 6.92 Å². The van der Waals surface area contributed by atoms with Crippen molar-refractivity contribution in [1.29, 1.82) is 0 Å². The van der Waals surface area contributed by atoms with Crippen LogP contribution in [-0.4, -0.2) is 43.8 Å². The van der Waals surface area contributed by atoms with Crippen LogP contribution in [0.25, 0.3) is 0 Å². The van der Waals surface area contributed by atoms with Crippen molar-refractivity contribution in [2.45, 2.75) is 11.9 Å². The van der Waals surface area contributed by atoms with Crippen molar-refractivity contribution in [3.05, 3.63) is 23.7 Å². The molecule has 17 heavy (non-hydrogen) atoms. The molecule has 2 aromatic heterocycles. The third-order valence-electron chi connectivity index (χ3n) is 1.97. The Morgan fingerprint density at radius 1 is 1.53 bits per heavy atom. The van der Waals surface area contributed by atoms with Crippen LogP contribution in [-0.2, 0) is 0 Å². The maximum absolute atomic E-state index is 11.6. The Kier molecular flexibility index (Phi) is 3.76. The van der Waals surface area contributed by atoms with E-state index in [4.69, 9.17) is 0 Å². The van der Waals surface area contributed by atoms with E-state index in [1.807, 2.05) is 6.92 Å². The van der Waals surface area contributed by atoms with Crippen LogP contribution in [0.15, 0.2) is 17.3 Å². The molecule has 0 aliphatic carbocycles. The normalized spacial score (nSPS) is 10.4. The minimum absolute atomic E-state index is 0.171. The summed E-state index contributed by atoms with van der Waals surface area (Å²) in [5.74, 6) is 0.567. The van der Waals surface area contributed by atoms with E-state index < -0.39 is 0 Å². The molecule has 0 unspecified atom stereocenters. The predicted molar refractivity (Wildman–Crippen MR) is 62.8 cm³/mol. The molecule has 0 spiro atoms. The first-order valence-electron chi connectivity index (χ1n) is 5.04. The van der Waals surface area contributed by atoms with Crippen LogP contribution in [0.4, 0.5) is 0 Å².